The molecule has 0 N–H and O–H groups in total. The van der Waals surface area contributed by atoms with Gasteiger partial charge in [0.05, 0.1) is 13.0 Å². The summed E-state index contributed by atoms with van der Waals surface area (Å²) in [5.41, 5.74) is 2.37. The van der Waals surface area contributed by atoms with E-state index in [2.05, 4.69) is 38.1 Å². The highest BCUT2D eigenvalue weighted by molar-refractivity contribution is 5.78. The Morgan fingerprint density at radius 3 is 2.06 bits per heavy atom. The highest BCUT2D eigenvalue weighted by Gasteiger charge is 2.24. The molecule has 0 radical (unpaired) electrons. The van der Waals surface area contributed by atoms with Gasteiger partial charge in [0.25, 0.3) is 0 Å². The van der Waals surface area contributed by atoms with Gasteiger partial charge in [-0.15, -0.1) is 0 Å². The van der Waals surface area contributed by atoms with Gasteiger partial charge in [0.1, 0.15) is 0 Å². The summed E-state index contributed by atoms with van der Waals surface area (Å²) in [7, 11) is 1.45. The van der Waals surface area contributed by atoms with Crippen molar-refractivity contribution in [2.24, 2.45) is 11.8 Å². The molecule has 0 amide bonds. The second kappa shape index (κ2) is 6.58. The van der Waals surface area contributed by atoms with Gasteiger partial charge in [0.2, 0.25) is 0 Å². The summed E-state index contributed by atoms with van der Waals surface area (Å²) in [6.45, 7) is 8.51. The molecule has 0 heterocycles. The third-order valence-corrected chi connectivity index (χ3v) is 3.10. The van der Waals surface area contributed by atoms with Crippen LogP contribution in [0.25, 0.3) is 0 Å². The molecule has 2 heteroatoms. The van der Waals surface area contributed by atoms with Crippen molar-refractivity contribution in [1.29, 1.82) is 0 Å². The van der Waals surface area contributed by atoms with Crippen LogP contribution in [0.5, 0.6) is 0 Å². The Bertz CT molecular complexity index is 377. The maximum absolute atomic E-state index is 11.8. The summed E-state index contributed by atoms with van der Waals surface area (Å²) in [5.74, 6) is 0.579. The average Bonchev–Trinajstić information content (AvgIpc) is 2.30. The zero-order valence-electron chi connectivity index (χ0n) is 12.1. The minimum Gasteiger partial charge on any atom is -0.469 e. The van der Waals surface area contributed by atoms with Gasteiger partial charge in [0, 0.05) is 0 Å². The van der Waals surface area contributed by atoms with Gasteiger partial charge in [-0.1, -0.05) is 52.0 Å². The summed E-state index contributed by atoms with van der Waals surface area (Å²) < 4.78 is 4.88. The molecule has 0 saturated carbocycles. The minimum atomic E-state index is -0.164. The summed E-state index contributed by atoms with van der Waals surface area (Å²) in [5, 5.41) is 0. The number of rotatable bonds is 5. The van der Waals surface area contributed by atoms with Crippen LogP contribution < -0.4 is 0 Å². The fourth-order valence-electron chi connectivity index (χ4n) is 2.25. The first-order valence-electron chi connectivity index (χ1n) is 6.62. The van der Waals surface area contributed by atoms with Crippen LogP contribution in [0.2, 0.25) is 0 Å². The number of methoxy groups -OCH3 is 1. The molecule has 1 atom stereocenters. The van der Waals surface area contributed by atoms with Gasteiger partial charge in [-0.3, -0.25) is 4.79 Å². The minimum absolute atomic E-state index is 0.151. The van der Waals surface area contributed by atoms with E-state index in [1.54, 1.807) is 0 Å². The molecule has 0 spiro atoms. The van der Waals surface area contributed by atoms with Crippen molar-refractivity contribution in [2.75, 3.05) is 7.11 Å². The zero-order valence-corrected chi connectivity index (χ0v) is 12.1. The lowest BCUT2D eigenvalue weighted by Gasteiger charge is -2.19. The van der Waals surface area contributed by atoms with Crippen LogP contribution in [-0.2, 0) is 16.0 Å². The van der Waals surface area contributed by atoms with Crippen LogP contribution in [0.1, 0.15) is 44.7 Å². The van der Waals surface area contributed by atoms with Crippen molar-refractivity contribution in [3.05, 3.63) is 35.4 Å². The van der Waals surface area contributed by atoms with E-state index in [0.717, 1.165) is 12.0 Å². The second-order valence-electron chi connectivity index (χ2n) is 5.58. The van der Waals surface area contributed by atoms with Gasteiger partial charge in [-0.2, -0.15) is 0 Å². The molecule has 1 aromatic carbocycles. The molecule has 1 rings (SSSR count). The molecule has 0 aliphatic rings. The van der Waals surface area contributed by atoms with Gasteiger partial charge >= 0.3 is 5.97 Å². The van der Waals surface area contributed by atoms with Crippen LogP contribution in [0.15, 0.2) is 24.3 Å². The van der Waals surface area contributed by atoms with Gasteiger partial charge < -0.3 is 4.74 Å². The lowest BCUT2D eigenvalue weighted by molar-refractivity contribution is -0.143. The third kappa shape index (κ3) is 3.86. The zero-order chi connectivity index (χ0) is 13.7. The highest BCUT2D eigenvalue weighted by atomic mass is 16.5. The Balaban J connectivity index is 2.90. The molecule has 2 nitrogen and oxygen atoms in total. The lowest BCUT2D eigenvalue weighted by Crippen LogP contribution is -2.19. The number of hydrogen-bond donors (Lipinski definition) is 0. The van der Waals surface area contributed by atoms with E-state index in [9.17, 15) is 4.79 Å². The predicted molar refractivity (Wildman–Crippen MR) is 74.6 cm³/mol. The molecule has 0 bridgehead atoms. The van der Waals surface area contributed by atoms with Crippen LogP contribution in [0.4, 0.5) is 0 Å². The summed E-state index contributed by atoms with van der Waals surface area (Å²) in [4.78, 5) is 11.8. The van der Waals surface area contributed by atoms with Crippen molar-refractivity contribution in [1.82, 2.24) is 0 Å². The Hall–Kier alpha value is -1.31. The highest BCUT2D eigenvalue weighted by Crippen LogP contribution is 2.26. The fourth-order valence-corrected chi connectivity index (χ4v) is 2.25. The maximum atomic E-state index is 11.8. The Labute approximate surface area is 110 Å². The molecule has 0 saturated heterocycles. The topological polar surface area (TPSA) is 26.3 Å². The largest absolute Gasteiger partial charge is 0.469 e. The molecule has 0 aromatic heterocycles. The monoisotopic (exact) mass is 248 g/mol. The van der Waals surface area contributed by atoms with Crippen LogP contribution in [-0.4, -0.2) is 13.1 Å². The molecule has 0 aliphatic carbocycles. The number of carbonyl (C=O) groups is 1. The molecule has 1 aromatic rings. The maximum Gasteiger partial charge on any atom is 0.313 e. The second-order valence-corrected chi connectivity index (χ2v) is 5.58. The van der Waals surface area contributed by atoms with E-state index in [0.29, 0.717) is 5.92 Å². The number of benzene rings is 1. The molecular weight excluding hydrogens is 224 g/mol. The summed E-state index contributed by atoms with van der Waals surface area (Å²) in [6.07, 6.45) is 1.07. The summed E-state index contributed by atoms with van der Waals surface area (Å²) in [6, 6.07) is 8.35. The lowest BCUT2D eigenvalue weighted by atomic mass is 9.87. The van der Waals surface area contributed by atoms with Crippen LogP contribution in [0, 0.1) is 11.8 Å². The van der Waals surface area contributed by atoms with Crippen molar-refractivity contribution in [3.63, 3.8) is 0 Å². The smallest absolute Gasteiger partial charge is 0.313 e. The molecular formula is C16H24O2. The first-order chi connectivity index (χ1) is 8.45. The SMILES string of the molecule is COC(=O)[C@H](c1ccc(CC(C)C)cc1)C(C)C. The third-order valence-electron chi connectivity index (χ3n) is 3.10. The van der Waals surface area contributed by atoms with Crippen molar-refractivity contribution < 1.29 is 9.53 Å². The standard InChI is InChI=1S/C16H24O2/c1-11(2)10-13-6-8-14(9-7-13)15(12(3)4)16(17)18-5/h6-9,11-12,15H,10H2,1-5H3/t15-/m0/s1. The van der Waals surface area contributed by atoms with Gasteiger partial charge in [-0.25, -0.2) is 0 Å². The molecule has 100 valence electrons. The molecule has 18 heavy (non-hydrogen) atoms. The van der Waals surface area contributed by atoms with E-state index in [1.807, 2.05) is 13.8 Å². The first-order valence-corrected chi connectivity index (χ1v) is 6.62. The quantitative estimate of drug-likeness (QED) is 0.741. The fraction of sp³-hybridized carbons (Fsp3) is 0.562. The van der Waals surface area contributed by atoms with Crippen molar-refractivity contribution >= 4 is 5.97 Å². The Morgan fingerprint density at radius 2 is 1.67 bits per heavy atom. The normalized spacial score (nSPS) is 12.8. The van der Waals surface area contributed by atoms with Crippen LogP contribution in [0.3, 0.4) is 0 Å². The molecule has 0 fully saturated rings. The number of esters is 1. The predicted octanol–water partition coefficient (Wildman–Crippen LogP) is 3.80. The molecule has 0 aliphatic heterocycles. The van der Waals surface area contributed by atoms with Crippen molar-refractivity contribution in [2.45, 2.75) is 40.0 Å². The van der Waals surface area contributed by atoms with E-state index in [-0.39, 0.29) is 17.8 Å². The Kier molecular flexibility index (Phi) is 5.39. The van der Waals surface area contributed by atoms with E-state index in [4.69, 9.17) is 4.74 Å². The average molecular weight is 248 g/mol. The van der Waals surface area contributed by atoms with Gasteiger partial charge in [-0.05, 0) is 29.4 Å². The van der Waals surface area contributed by atoms with E-state index < -0.39 is 0 Å². The Morgan fingerprint density at radius 1 is 1.11 bits per heavy atom. The van der Waals surface area contributed by atoms with E-state index >= 15 is 0 Å². The number of carbonyl (C=O) groups excluding carboxylic acids is 1. The van der Waals surface area contributed by atoms with Crippen molar-refractivity contribution in [3.8, 4) is 0 Å². The first kappa shape index (κ1) is 14.7. The number of ether oxygens (including phenoxy) is 1. The molecule has 0 unspecified atom stereocenters. The number of hydrogen-bond acceptors (Lipinski definition) is 2. The van der Waals surface area contributed by atoms with Crippen LogP contribution >= 0.6 is 0 Å². The van der Waals surface area contributed by atoms with E-state index in [1.165, 1.54) is 12.7 Å². The summed E-state index contributed by atoms with van der Waals surface area (Å²) >= 11 is 0. The van der Waals surface area contributed by atoms with Gasteiger partial charge in [0.15, 0.2) is 0 Å².